The Hall–Kier alpha value is -1.75. The van der Waals surface area contributed by atoms with Crippen LogP contribution in [0, 0.1) is 6.92 Å². The number of hydrogen-bond donors (Lipinski definition) is 2. The van der Waals surface area contributed by atoms with Gasteiger partial charge < -0.3 is 10.3 Å². The number of aryl methyl sites for hydroxylation is 1. The van der Waals surface area contributed by atoms with Gasteiger partial charge in [0, 0.05) is 27.7 Å². The molecule has 0 bridgehead atoms. The number of nitrogens with one attached hydrogen (secondary N) is 2. The zero-order valence-electron chi connectivity index (χ0n) is 13.3. The molecule has 4 heterocycles. The van der Waals surface area contributed by atoms with Crippen LogP contribution < -0.4 is 10.9 Å². The molecule has 128 valence electrons. The monoisotopic (exact) mass is 407 g/mol. The van der Waals surface area contributed by atoms with E-state index in [1.165, 1.54) is 39.3 Å². The summed E-state index contributed by atoms with van der Waals surface area (Å²) in [6.07, 6.45) is 0. The average Bonchev–Trinajstić information content (AvgIpc) is 3.31. The Labute approximate surface area is 159 Å². The summed E-state index contributed by atoms with van der Waals surface area (Å²) in [5.41, 5.74) is 0.880. The van der Waals surface area contributed by atoms with Crippen molar-refractivity contribution < 1.29 is 0 Å². The van der Waals surface area contributed by atoms with Crippen LogP contribution in [0.1, 0.15) is 10.7 Å². The number of rotatable bonds is 5. The van der Waals surface area contributed by atoms with E-state index in [0.717, 1.165) is 24.7 Å². The van der Waals surface area contributed by atoms with Crippen molar-refractivity contribution in [3.05, 3.63) is 38.6 Å². The Bertz CT molecular complexity index is 1090. The number of fused-ring (bicyclic) bond motifs is 1. The number of nitrogens with zero attached hydrogens (tertiary/aromatic N) is 3. The molecule has 0 amide bonds. The van der Waals surface area contributed by atoms with Crippen LogP contribution in [0.4, 0.5) is 5.13 Å². The first kappa shape index (κ1) is 16.7. The van der Waals surface area contributed by atoms with Crippen molar-refractivity contribution in [1.82, 2.24) is 20.2 Å². The van der Waals surface area contributed by atoms with Crippen molar-refractivity contribution in [3.63, 3.8) is 0 Å². The fourth-order valence-corrected chi connectivity index (χ4v) is 5.82. The van der Waals surface area contributed by atoms with Crippen molar-refractivity contribution >= 4 is 61.1 Å². The summed E-state index contributed by atoms with van der Waals surface area (Å²) in [5, 5.41) is 14.5. The van der Waals surface area contributed by atoms with Gasteiger partial charge in [0.25, 0.3) is 5.56 Å². The highest BCUT2D eigenvalue weighted by Gasteiger charge is 2.14. The molecule has 2 N–H and O–H groups in total. The SMILES string of the molecule is CNc1nnc(SCc2nc3scc(-c4ccc(C)s4)c3c(=O)[nH]2)s1. The van der Waals surface area contributed by atoms with Crippen LogP contribution in [0.25, 0.3) is 20.7 Å². The van der Waals surface area contributed by atoms with E-state index in [1.54, 1.807) is 11.3 Å². The number of thioether (sulfide) groups is 1. The molecule has 10 heteroatoms. The highest BCUT2D eigenvalue weighted by molar-refractivity contribution is 8.00. The molecule has 4 rings (SSSR count). The smallest absolute Gasteiger partial charge is 0.260 e. The van der Waals surface area contributed by atoms with Crippen LogP contribution in [0.3, 0.4) is 0 Å². The van der Waals surface area contributed by atoms with E-state index in [-0.39, 0.29) is 5.56 Å². The number of aromatic nitrogens is 4. The fraction of sp³-hybridized carbons (Fsp3) is 0.200. The van der Waals surface area contributed by atoms with Gasteiger partial charge in [-0.05, 0) is 19.1 Å². The van der Waals surface area contributed by atoms with E-state index >= 15 is 0 Å². The van der Waals surface area contributed by atoms with Gasteiger partial charge in [0.2, 0.25) is 5.13 Å². The minimum atomic E-state index is -0.0870. The van der Waals surface area contributed by atoms with E-state index in [2.05, 4.69) is 44.5 Å². The molecule has 0 fully saturated rings. The molecule has 4 aromatic heterocycles. The van der Waals surface area contributed by atoms with Crippen LogP contribution in [0.5, 0.6) is 0 Å². The molecule has 0 aromatic carbocycles. The molecule has 0 aliphatic heterocycles. The highest BCUT2D eigenvalue weighted by Crippen LogP contribution is 2.35. The molecule has 25 heavy (non-hydrogen) atoms. The minimum Gasteiger partial charge on any atom is -0.363 e. The second-order valence-electron chi connectivity index (χ2n) is 5.16. The standard InChI is InChI=1S/C15H13N5OS4/c1-7-3-4-9(24-7)8-5-22-13-11(8)12(21)17-10(18-13)6-23-15-20-19-14(16-2)25-15/h3-5H,6H2,1-2H3,(H,16,19)(H,17,18,21). The lowest BCUT2D eigenvalue weighted by Gasteiger charge is -2.00. The zero-order chi connectivity index (χ0) is 17.4. The Kier molecular flexibility index (Phi) is 4.59. The van der Waals surface area contributed by atoms with Gasteiger partial charge in [-0.1, -0.05) is 23.1 Å². The first-order valence-corrected chi connectivity index (χ1v) is 10.8. The summed E-state index contributed by atoms with van der Waals surface area (Å²) in [4.78, 5) is 23.2. The summed E-state index contributed by atoms with van der Waals surface area (Å²) in [6.45, 7) is 2.06. The van der Waals surface area contributed by atoms with Gasteiger partial charge >= 0.3 is 0 Å². The molecular weight excluding hydrogens is 394 g/mol. The lowest BCUT2D eigenvalue weighted by Crippen LogP contribution is -2.10. The molecular formula is C15H13N5OS4. The predicted molar refractivity (Wildman–Crippen MR) is 107 cm³/mol. The molecule has 0 atom stereocenters. The summed E-state index contributed by atoms with van der Waals surface area (Å²) in [5.74, 6) is 1.20. The third kappa shape index (κ3) is 3.34. The molecule has 4 aromatic rings. The molecule has 0 unspecified atom stereocenters. The predicted octanol–water partition coefficient (Wildman–Crippen LogP) is 4.21. The third-order valence-electron chi connectivity index (χ3n) is 3.45. The van der Waals surface area contributed by atoms with E-state index in [4.69, 9.17) is 0 Å². The van der Waals surface area contributed by atoms with Crippen LogP contribution in [-0.2, 0) is 5.75 Å². The Balaban J connectivity index is 1.63. The van der Waals surface area contributed by atoms with Gasteiger partial charge in [-0.3, -0.25) is 4.79 Å². The first-order valence-electron chi connectivity index (χ1n) is 7.35. The number of anilines is 1. The normalized spacial score (nSPS) is 11.3. The number of H-pyrrole nitrogens is 1. The van der Waals surface area contributed by atoms with Crippen LogP contribution in [-0.4, -0.2) is 27.2 Å². The Morgan fingerprint density at radius 1 is 1.28 bits per heavy atom. The van der Waals surface area contributed by atoms with E-state index in [1.807, 2.05) is 12.4 Å². The topological polar surface area (TPSA) is 83.6 Å². The van der Waals surface area contributed by atoms with Crippen LogP contribution >= 0.6 is 45.8 Å². The fourth-order valence-electron chi connectivity index (χ4n) is 2.32. The van der Waals surface area contributed by atoms with Crippen molar-refractivity contribution in [2.45, 2.75) is 17.0 Å². The lowest BCUT2D eigenvalue weighted by atomic mass is 10.2. The maximum atomic E-state index is 12.6. The van der Waals surface area contributed by atoms with Gasteiger partial charge in [0.05, 0.1) is 11.1 Å². The Morgan fingerprint density at radius 3 is 2.88 bits per heavy atom. The zero-order valence-corrected chi connectivity index (χ0v) is 16.6. The van der Waals surface area contributed by atoms with Crippen molar-refractivity contribution in [1.29, 1.82) is 0 Å². The van der Waals surface area contributed by atoms with Crippen molar-refractivity contribution in [3.8, 4) is 10.4 Å². The third-order valence-corrected chi connectivity index (χ3v) is 7.44. The first-order chi connectivity index (χ1) is 12.1. The highest BCUT2D eigenvalue weighted by atomic mass is 32.2. The molecule has 0 radical (unpaired) electrons. The second-order valence-corrected chi connectivity index (χ2v) is 9.51. The summed E-state index contributed by atoms with van der Waals surface area (Å²) in [6, 6.07) is 4.12. The van der Waals surface area contributed by atoms with Crippen molar-refractivity contribution in [2.75, 3.05) is 12.4 Å². The Morgan fingerprint density at radius 2 is 2.16 bits per heavy atom. The average molecular weight is 408 g/mol. The molecule has 0 saturated carbocycles. The van der Waals surface area contributed by atoms with Gasteiger partial charge in [-0.2, -0.15) is 0 Å². The molecule has 0 aliphatic rings. The molecule has 0 aliphatic carbocycles. The van der Waals surface area contributed by atoms with E-state index in [0.29, 0.717) is 17.0 Å². The summed E-state index contributed by atoms with van der Waals surface area (Å²) < 4.78 is 0.841. The minimum absolute atomic E-state index is 0.0870. The summed E-state index contributed by atoms with van der Waals surface area (Å²) in [7, 11) is 1.81. The lowest BCUT2D eigenvalue weighted by molar-refractivity contribution is 1.00. The molecule has 0 saturated heterocycles. The summed E-state index contributed by atoms with van der Waals surface area (Å²) >= 11 is 6.18. The molecule has 0 spiro atoms. The largest absolute Gasteiger partial charge is 0.363 e. The van der Waals surface area contributed by atoms with Gasteiger partial charge in [-0.25, -0.2) is 4.98 Å². The van der Waals surface area contributed by atoms with Gasteiger partial charge in [0.1, 0.15) is 10.7 Å². The van der Waals surface area contributed by atoms with Crippen molar-refractivity contribution in [2.24, 2.45) is 0 Å². The number of thiophene rings is 2. The van der Waals surface area contributed by atoms with Crippen LogP contribution in [0.15, 0.2) is 26.6 Å². The van der Waals surface area contributed by atoms with Gasteiger partial charge in [0.15, 0.2) is 4.34 Å². The van der Waals surface area contributed by atoms with E-state index in [9.17, 15) is 4.79 Å². The second kappa shape index (κ2) is 6.87. The van der Waals surface area contributed by atoms with E-state index < -0.39 is 0 Å². The number of aromatic amines is 1. The quantitative estimate of drug-likeness (QED) is 0.482. The van der Waals surface area contributed by atoms with Gasteiger partial charge in [-0.15, -0.1) is 32.9 Å². The maximum absolute atomic E-state index is 12.6. The van der Waals surface area contributed by atoms with Crippen LogP contribution in [0.2, 0.25) is 0 Å². The molecule has 6 nitrogen and oxygen atoms in total. The maximum Gasteiger partial charge on any atom is 0.260 e. The number of hydrogen-bond acceptors (Lipinski definition) is 9.